The van der Waals surface area contributed by atoms with Crippen LogP contribution in [0.1, 0.15) is 46.4 Å². The number of carbonyl (C=O) groups excluding carboxylic acids is 2. The number of aromatic nitrogens is 2. The molecule has 0 fully saturated rings. The summed E-state index contributed by atoms with van der Waals surface area (Å²) >= 11 is 1.92. The lowest BCUT2D eigenvalue weighted by Gasteiger charge is -2.15. The number of aryl methyl sites for hydroxylation is 1. The van der Waals surface area contributed by atoms with Gasteiger partial charge in [0, 0.05) is 27.9 Å². The third kappa shape index (κ3) is 6.71. The van der Waals surface area contributed by atoms with E-state index in [1.807, 2.05) is 22.6 Å². The maximum absolute atomic E-state index is 13.2. The van der Waals surface area contributed by atoms with Crippen molar-refractivity contribution in [3.63, 3.8) is 0 Å². The lowest BCUT2D eigenvalue weighted by Crippen LogP contribution is -2.33. The summed E-state index contributed by atoms with van der Waals surface area (Å²) in [6.07, 6.45) is -3.52. The van der Waals surface area contributed by atoms with Crippen LogP contribution in [0.3, 0.4) is 0 Å². The van der Waals surface area contributed by atoms with Gasteiger partial charge in [-0.05, 0) is 66.6 Å². The van der Waals surface area contributed by atoms with Crippen molar-refractivity contribution < 1.29 is 32.0 Å². The number of nitrogens with one attached hydrogen (secondary N) is 1. The molecule has 0 bridgehead atoms. The number of hydrogen-bond acceptors (Lipinski definition) is 6. The number of pyridine rings is 1. The molecule has 0 atom stereocenters. The summed E-state index contributed by atoms with van der Waals surface area (Å²) in [6.45, 7) is 3.10. The zero-order chi connectivity index (χ0) is 25.8. The molecule has 8 nitrogen and oxygen atoms in total. The van der Waals surface area contributed by atoms with Crippen molar-refractivity contribution in [1.82, 2.24) is 15.0 Å². The van der Waals surface area contributed by atoms with Gasteiger partial charge in [-0.2, -0.15) is 13.2 Å². The Morgan fingerprint density at radius 3 is 2.66 bits per heavy atom. The van der Waals surface area contributed by atoms with Gasteiger partial charge in [0.05, 0.1) is 24.4 Å². The van der Waals surface area contributed by atoms with Crippen molar-refractivity contribution in [2.24, 2.45) is 0 Å². The molecule has 0 unspecified atom stereocenters. The van der Waals surface area contributed by atoms with E-state index in [0.29, 0.717) is 33.6 Å². The fraction of sp³-hybridized carbons (Fsp3) is 0.304. The third-order valence-corrected chi connectivity index (χ3v) is 6.07. The Labute approximate surface area is 211 Å². The normalized spacial score (nSPS) is 11.4. The Kier molecular flexibility index (Phi) is 8.35. The molecule has 1 N–H and O–H groups in total. The van der Waals surface area contributed by atoms with E-state index in [4.69, 9.17) is 9.26 Å². The lowest BCUT2D eigenvalue weighted by molar-refractivity contribution is -0.141. The van der Waals surface area contributed by atoms with E-state index in [-0.39, 0.29) is 30.4 Å². The third-order valence-electron chi connectivity index (χ3n) is 4.98. The molecule has 0 aliphatic rings. The van der Waals surface area contributed by atoms with Gasteiger partial charge in [-0.25, -0.2) is 0 Å². The Hall–Kier alpha value is -3.16. The van der Waals surface area contributed by atoms with E-state index in [1.54, 1.807) is 13.0 Å². The Bertz CT molecular complexity index is 1300. The summed E-state index contributed by atoms with van der Waals surface area (Å²) in [4.78, 5) is 36.7. The molecule has 12 heteroatoms. The summed E-state index contributed by atoms with van der Waals surface area (Å²) < 4.78 is 51.1. The van der Waals surface area contributed by atoms with Crippen LogP contribution in [0, 0.1) is 10.5 Å². The number of alkyl halides is 3. The molecule has 1 aromatic carbocycles. The van der Waals surface area contributed by atoms with E-state index in [9.17, 15) is 27.6 Å². The van der Waals surface area contributed by atoms with Crippen LogP contribution in [0.2, 0.25) is 0 Å². The van der Waals surface area contributed by atoms with Crippen LogP contribution < -0.4 is 10.9 Å². The fourth-order valence-electron chi connectivity index (χ4n) is 3.26. The van der Waals surface area contributed by atoms with Gasteiger partial charge in [-0.15, -0.1) is 0 Å². The highest BCUT2D eigenvalue weighted by atomic mass is 127. The zero-order valence-electron chi connectivity index (χ0n) is 18.7. The maximum Gasteiger partial charge on any atom is 0.416 e. The molecule has 3 rings (SSSR count). The van der Waals surface area contributed by atoms with Crippen LogP contribution in [0.4, 0.5) is 13.2 Å². The monoisotopic (exact) mass is 603 g/mol. The number of carbonyl (C=O) groups is 2. The number of amides is 1. The number of hydrogen-bond donors (Lipinski definition) is 1. The van der Waals surface area contributed by atoms with E-state index < -0.39 is 23.2 Å². The van der Waals surface area contributed by atoms with Crippen molar-refractivity contribution in [2.45, 2.75) is 39.4 Å². The molecular formula is C23H21F3IN3O5. The van der Waals surface area contributed by atoms with Crippen molar-refractivity contribution in [1.29, 1.82) is 0 Å². The van der Waals surface area contributed by atoms with Crippen LogP contribution in [0.25, 0.3) is 5.69 Å². The topological polar surface area (TPSA) is 103 Å². The van der Waals surface area contributed by atoms with Crippen molar-refractivity contribution in [3.05, 3.63) is 78.6 Å². The predicted molar refractivity (Wildman–Crippen MR) is 127 cm³/mol. The number of rotatable bonds is 8. The van der Waals surface area contributed by atoms with Gasteiger partial charge < -0.3 is 14.6 Å². The first-order chi connectivity index (χ1) is 16.5. The molecule has 2 aromatic heterocycles. The smallest absolute Gasteiger partial charge is 0.416 e. The zero-order valence-corrected chi connectivity index (χ0v) is 20.9. The number of esters is 1. The molecule has 0 spiro atoms. The lowest BCUT2D eigenvalue weighted by atomic mass is 10.1. The van der Waals surface area contributed by atoms with Gasteiger partial charge in [-0.3, -0.25) is 19.0 Å². The summed E-state index contributed by atoms with van der Waals surface area (Å²) in [6, 6.07) is 7.37. The second-order valence-electron chi connectivity index (χ2n) is 7.59. The Balaban J connectivity index is 1.77. The minimum atomic E-state index is -4.58. The van der Waals surface area contributed by atoms with Crippen molar-refractivity contribution in [2.75, 3.05) is 6.61 Å². The molecule has 1 amide bonds. The van der Waals surface area contributed by atoms with Crippen LogP contribution in [-0.2, 0) is 28.7 Å². The van der Waals surface area contributed by atoms with Gasteiger partial charge in [0.15, 0.2) is 5.76 Å². The standard InChI is InChI=1S/C23H21F3IN3O5/c1-13-20(27)11-19(22(33)30(13)17-7-3-5-15(9-17)23(24,25)26)21(32)28-12-18-10-16(29-35-18)6-4-8-34-14(2)31/h3,5,7,9-11H,4,6,8,12H2,1-2H3,(H,28,32). The van der Waals surface area contributed by atoms with E-state index >= 15 is 0 Å². The summed E-state index contributed by atoms with van der Waals surface area (Å²) in [5.41, 5.74) is -0.857. The first kappa shape index (κ1) is 26.4. The quantitative estimate of drug-likeness (QED) is 0.236. The molecule has 186 valence electrons. The SMILES string of the molecule is CC(=O)OCCCc1cc(CNC(=O)c2cc(I)c(C)n(-c3cccc(C(F)(F)F)c3)c2=O)on1. The number of nitrogens with zero attached hydrogens (tertiary/aromatic N) is 2. The number of ether oxygens (including phenoxy) is 1. The molecule has 3 aromatic rings. The van der Waals surface area contributed by atoms with Crippen molar-refractivity contribution in [3.8, 4) is 5.69 Å². The fourth-order valence-corrected chi connectivity index (χ4v) is 3.81. The molecule has 0 saturated heterocycles. The van der Waals surface area contributed by atoms with Gasteiger partial charge in [-0.1, -0.05) is 11.2 Å². The van der Waals surface area contributed by atoms with Crippen LogP contribution in [-0.4, -0.2) is 28.2 Å². The van der Waals surface area contributed by atoms with Gasteiger partial charge >= 0.3 is 12.1 Å². The molecule has 35 heavy (non-hydrogen) atoms. The van der Waals surface area contributed by atoms with E-state index in [1.165, 1.54) is 25.1 Å². The highest BCUT2D eigenvalue weighted by molar-refractivity contribution is 14.1. The van der Waals surface area contributed by atoms with Gasteiger partial charge in [0.25, 0.3) is 11.5 Å². The average molecular weight is 603 g/mol. The molecule has 0 radical (unpaired) electrons. The minimum absolute atomic E-state index is 0.00326. The average Bonchev–Trinajstić information content (AvgIpc) is 3.25. The molecule has 2 heterocycles. The van der Waals surface area contributed by atoms with Gasteiger partial charge in [0.2, 0.25) is 0 Å². The molecular weight excluding hydrogens is 582 g/mol. The van der Waals surface area contributed by atoms with Gasteiger partial charge in [0.1, 0.15) is 5.56 Å². The highest BCUT2D eigenvalue weighted by Gasteiger charge is 2.31. The van der Waals surface area contributed by atoms with E-state index in [0.717, 1.165) is 16.7 Å². The summed E-state index contributed by atoms with van der Waals surface area (Å²) in [5, 5.41) is 6.46. The van der Waals surface area contributed by atoms with Crippen LogP contribution in [0.5, 0.6) is 0 Å². The Morgan fingerprint density at radius 1 is 1.23 bits per heavy atom. The highest BCUT2D eigenvalue weighted by Crippen LogP contribution is 2.30. The summed E-state index contributed by atoms with van der Waals surface area (Å²) in [5.74, 6) is -0.728. The molecule has 0 saturated carbocycles. The largest absolute Gasteiger partial charge is 0.466 e. The number of benzene rings is 1. The minimum Gasteiger partial charge on any atom is -0.466 e. The number of halogens is 4. The van der Waals surface area contributed by atoms with Crippen LogP contribution >= 0.6 is 22.6 Å². The van der Waals surface area contributed by atoms with Crippen LogP contribution in [0.15, 0.2) is 45.7 Å². The maximum atomic E-state index is 13.2. The molecule has 0 aliphatic carbocycles. The first-order valence-electron chi connectivity index (χ1n) is 10.4. The van der Waals surface area contributed by atoms with Crippen molar-refractivity contribution >= 4 is 34.5 Å². The summed E-state index contributed by atoms with van der Waals surface area (Å²) in [7, 11) is 0. The first-order valence-corrected chi connectivity index (χ1v) is 11.5. The predicted octanol–water partition coefficient (Wildman–Crippen LogP) is 4.18. The molecule has 0 aliphatic heterocycles. The second-order valence-corrected chi connectivity index (χ2v) is 8.75. The van der Waals surface area contributed by atoms with E-state index in [2.05, 4.69) is 10.5 Å². The Morgan fingerprint density at radius 2 is 1.97 bits per heavy atom. The second kappa shape index (κ2) is 11.1.